The standard InChI is InChI=1S/C7H8F5N3OS/c1-16-3-2-15-4(13-14-5(15)17)6(8,9)7(10,11)12/h2-3H2,1H3,(H,14,17). The van der Waals surface area contributed by atoms with Crippen molar-refractivity contribution >= 4 is 12.2 Å². The highest BCUT2D eigenvalue weighted by atomic mass is 32.1. The summed E-state index contributed by atoms with van der Waals surface area (Å²) in [6.07, 6.45) is -5.72. The molecule has 1 aromatic heterocycles. The largest absolute Gasteiger partial charge is 0.461 e. The third kappa shape index (κ3) is 2.63. The maximum Gasteiger partial charge on any atom is 0.461 e. The number of aromatic nitrogens is 3. The normalized spacial score (nSPS) is 13.1. The van der Waals surface area contributed by atoms with E-state index < -0.39 is 17.9 Å². The smallest absolute Gasteiger partial charge is 0.383 e. The molecule has 0 spiro atoms. The molecule has 0 amide bonds. The van der Waals surface area contributed by atoms with Crippen molar-refractivity contribution in [1.82, 2.24) is 14.8 Å². The minimum absolute atomic E-state index is 0.0607. The van der Waals surface area contributed by atoms with Gasteiger partial charge in [0, 0.05) is 7.11 Å². The number of rotatable bonds is 4. The molecule has 0 saturated heterocycles. The molecule has 17 heavy (non-hydrogen) atoms. The van der Waals surface area contributed by atoms with Gasteiger partial charge in [0.2, 0.25) is 5.82 Å². The molecule has 0 fully saturated rings. The van der Waals surface area contributed by atoms with Gasteiger partial charge in [0.15, 0.2) is 4.77 Å². The summed E-state index contributed by atoms with van der Waals surface area (Å²) in [5.41, 5.74) is 0. The highest BCUT2D eigenvalue weighted by molar-refractivity contribution is 7.71. The summed E-state index contributed by atoms with van der Waals surface area (Å²) in [7, 11) is 1.28. The van der Waals surface area contributed by atoms with Crippen LogP contribution in [0, 0.1) is 4.77 Å². The minimum atomic E-state index is -5.72. The first-order valence-corrected chi connectivity index (χ1v) is 4.71. The van der Waals surface area contributed by atoms with E-state index in [0.29, 0.717) is 4.57 Å². The van der Waals surface area contributed by atoms with Crippen LogP contribution in [0.2, 0.25) is 0 Å². The van der Waals surface area contributed by atoms with Crippen molar-refractivity contribution in [3.63, 3.8) is 0 Å². The van der Waals surface area contributed by atoms with Gasteiger partial charge < -0.3 is 4.74 Å². The molecule has 1 aromatic rings. The highest BCUT2D eigenvalue weighted by Crippen LogP contribution is 2.42. The van der Waals surface area contributed by atoms with Crippen molar-refractivity contribution in [2.24, 2.45) is 0 Å². The Bertz CT molecular complexity index is 437. The maximum absolute atomic E-state index is 13.0. The van der Waals surface area contributed by atoms with E-state index in [1.54, 1.807) is 0 Å². The summed E-state index contributed by atoms with van der Waals surface area (Å²) in [6, 6.07) is 0. The predicted molar refractivity (Wildman–Crippen MR) is 49.2 cm³/mol. The molecule has 0 radical (unpaired) electrons. The third-order valence-electron chi connectivity index (χ3n) is 1.91. The van der Waals surface area contributed by atoms with Crippen LogP contribution >= 0.6 is 12.2 Å². The molecule has 0 bridgehead atoms. The van der Waals surface area contributed by atoms with Crippen molar-refractivity contribution < 1.29 is 26.7 Å². The summed E-state index contributed by atoms with van der Waals surface area (Å²) < 4.78 is 67.4. The van der Waals surface area contributed by atoms with E-state index in [4.69, 9.17) is 0 Å². The zero-order chi connectivity index (χ0) is 13.3. The molecular formula is C7H8F5N3OS. The Labute approximate surface area is 97.4 Å². The number of H-pyrrole nitrogens is 1. The highest BCUT2D eigenvalue weighted by Gasteiger charge is 2.62. The molecule has 1 N–H and O–H groups in total. The van der Waals surface area contributed by atoms with Gasteiger partial charge in [-0.25, -0.2) is 0 Å². The molecule has 4 nitrogen and oxygen atoms in total. The molecule has 0 aliphatic heterocycles. The zero-order valence-electron chi connectivity index (χ0n) is 8.51. The lowest BCUT2D eigenvalue weighted by molar-refractivity contribution is -0.293. The van der Waals surface area contributed by atoms with Gasteiger partial charge in [-0.15, -0.1) is 0 Å². The Balaban J connectivity index is 3.19. The van der Waals surface area contributed by atoms with E-state index >= 15 is 0 Å². The van der Waals surface area contributed by atoms with Crippen molar-refractivity contribution in [3.8, 4) is 0 Å². The third-order valence-corrected chi connectivity index (χ3v) is 2.23. The van der Waals surface area contributed by atoms with Gasteiger partial charge in [0.25, 0.3) is 0 Å². The van der Waals surface area contributed by atoms with Crippen LogP contribution in [0.25, 0.3) is 0 Å². The monoisotopic (exact) mass is 277 g/mol. The molecule has 1 rings (SSSR count). The summed E-state index contributed by atoms with van der Waals surface area (Å²) in [6.45, 7) is -0.304. The van der Waals surface area contributed by atoms with Crippen LogP contribution < -0.4 is 0 Å². The van der Waals surface area contributed by atoms with Crippen molar-refractivity contribution in [3.05, 3.63) is 10.6 Å². The summed E-state index contributed by atoms with van der Waals surface area (Å²) >= 11 is 4.57. The van der Waals surface area contributed by atoms with Gasteiger partial charge in [0.1, 0.15) is 0 Å². The van der Waals surface area contributed by atoms with Gasteiger partial charge in [-0.3, -0.25) is 9.67 Å². The zero-order valence-corrected chi connectivity index (χ0v) is 9.33. The quantitative estimate of drug-likeness (QED) is 0.678. The maximum atomic E-state index is 13.0. The summed E-state index contributed by atoms with van der Waals surface area (Å²) in [4.78, 5) is 0. The first-order valence-electron chi connectivity index (χ1n) is 4.31. The number of aromatic amines is 1. The van der Waals surface area contributed by atoms with Crippen LogP contribution in [0.15, 0.2) is 0 Å². The predicted octanol–water partition coefficient (Wildman–Crippen LogP) is 2.24. The second kappa shape index (κ2) is 4.69. The second-order valence-electron chi connectivity index (χ2n) is 3.07. The number of alkyl halides is 5. The molecule has 0 saturated carbocycles. The topological polar surface area (TPSA) is 42.8 Å². The number of halogens is 5. The number of ether oxygens (including phenoxy) is 1. The molecule has 0 unspecified atom stereocenters. The Morgan fingerprint density at radius 3 is 2.41 bits per heavy atom. The molecule has 0 aliphatic rings. The Kier molecular flexibility index (Phi) is 3.87. The lowest BCUT2D eigenvalue weighted by atomic mass is 10.3. The van der Waals surface area contributed by atoms with E-state index in [9.17, 15) is 22.0 Å². The van der Waals surface area contributed by atoms with Crippen LogP contribution in [-0.2, 0) is 17.2 Å². The number of hydrogen-bond acceptors (Lipinski definition) is 3. The van der Waals surface area contributed by atoms with Crippen LogP contribution in [0.4, 0.5) is 22.0 Å². The van der Waals surface area contributed by atoms with Crippen LogP contribution in [-0.4, -0.2) is 34.7 Å². The van der Waals surface area contributed by atoms with Gasteiger partial charge in [0.05, 0.1) is 13.2 Å². The van der Waals surface area contributed by atoms with E-state index in [1.807, 2.05) is 5.10 Å². The summed E-state index contributed by atoms with van der Waals surface area (Å²) in [5, 5.41) is 4.83. The molecule has 98 valence electrons. The van der Waals surface area contributed by atoms with Crippen molar-refractivity contribution in [2.45, 2.75) is 18.6 Å². The number of nitrogens with zero attached hydrogens (tertiary/aromatic N) is 2. The van der Waals surface area contributed by atoms with Crippen LogP contribution in [0.1, 0.15) is 5.82 Å². The van der Waals surface area contributed by atoms with E-state index in [-0.39, 0.29) is 17.9 Å². The number of nitrogens with one attached hydrogen (secondary N) is 1. The fraction of sp³-hybridized carbons (Fsp3) is 0.714. The summed E-state index contributed by atoms with van der Waals surface area (Å²) in [5.74, 6) is -6.53. The van der Waals surface area contributed by atoms with E-state index in [2.05, 4.69) is 22.1 Å². The first kappa shape index (κ1) is 14.0. The van der Waals surface area contributed by atoms with Gasteiger partial charge in [-0.2, -0.15) is 27.1 Å². The second-order valence-corrected chi connectivity index (χ2v) is 3.46. The SMILES string of the molecule is COCCn1c(C(F)(F)C(F)(F)F)n[nH]c1=S. The number of hydrogen-bond donors (Lipinski definition) is 1. The molecule has 0 atom stereocenters. The Morgan fingerprint density at radius 1 is 1.35 bits per heavy atom. The van der Waals surface area contributed by atoms with Gasteiger partial charge in [-0.05, 0) is 12.2 Å². The molecule has 0 aromatic carbocycles. The Hall–Kier alpha value is -1.03. The average Bonchev–Trinajstić information content (AvgIpc) is 2.55. The fourth-order valence-electron chi connectivity index (χ4n) is 1.07. The molecule has 0 aliphatic carbocycles. The lowest BCUT2D eigenvalue weighted by Crippen LogP contribution is -2.36. The Morgan fingerprint density at radius 2 is 1.94 bits per heavy atom. The number of methoxy groups -OCH3 is 1. The van der Waals surface area contributed by atoms with Crippen LogP contribution in [0.3, 0.4) is 0 Å². The minimum Gasteiger partial charge on any atom is -0.383 e. The molecule has 1 heterocycles. The fourth-order valence-corrected chi connectivity index (χ4v) is 1.30. The molecular weight excluding hydrogens is 269 g/mol. The van der Waals surface area contributed by atoms with E-state index in [1.165, 1.54) is 7.11 Å². The first-order chi connectivity index (χ1) is 7.71. The average molecular weight is 277 g/mol. The van der Waals surface area contributed by atoms with Gasteiger partial charge in [-0.1, -0.05) is 0 Å². The molecule has 10 heteroatoms. The van der Waals surface area contributed by atoms with E-state index in [0.717, 1.165) is 0 Å². The van der Waals surface area contributed by atoms with Crippen molar-refractivity contribution in [1.29, 1.82) is 0 Å². The van der Waals surface area contributed by atoms with Crippen molar-refractivity contribution in [2.75, 3.05) is 13.7 Å². The lowest BCUT2D eigenvalue weighted by Gasteiger charge is -2.19. The van der Waals surface area contributed by atoms with Gasteiger partial charge >= 0.3 is 12.1 Å². The van der Waals surface area contributed by atoms with Crippen LogP contribution in [0.5, 0.6) is 0 Å².